The number of hydrogen-bond donors (Lipinski definition) is 1. The molecule has 0 radical (unpaired) electrons. The van der Waals surface area contributed by atoms with Crippen molar-refractivity contribution in [3.05, 3.63) is 5.01 Å². The van der Waals surface area contributed by atoms with Crippen molar-refractivity contribution in [2.75, 3.05) is 17.3 Å². The summed E-state index contributed by atoms with van der Waals surface area (Å²) in [6.45, 7) is 2.14. The Bertz CT molecular complexity index is 585. The maximum absolute atomic E-state index is 11.8. The average Bonchev–Trinajstić information content (AvgIpc) is 3.12. The van der Waals surface area contributed by atoms with E-state index in [0.717, 1.165) is 33.8 Å². The molecule has 1 amide bonds. The summed E-state index contributed by atoms with van der Waals surface area (Å²) in [7, 11) is 0. The van der Waals surface area contributed by atoms with Gasteiger partial charge in [-0.3, -0.25) is 10.1 Å². The fraction of sp³-hybridized carbons (Fsp3) is 0.545. The van der Waals surface area contributed by atoms with Crippen molar-refractivity contribution < 1.29 is 4.79 Å². The van der Waals surface area contributed by atoms with Crippen LogP contribution in [-0.2, 0) is 11.2 Å². The number of unbranched alkanes of at least 4 members (excludes halogenated alkanes) is 1. The number of amides is 1. The Hall–Kier alpha value is -0.710. The zero-order chi connectivity index (χ0) is 15.1. The number of aryl methyl sites for hydroxylation is 1. The molecule has 0 bridgehead atoms. The molecule has 10 heteroatoms. The SMILES string of the molecule is CCCCc1nnc(NC(=O)CSc2nc(SC)ns2)s1. The lowest BCUT2D eigenvalue weighted by Gasteiger charge is -1.98. The van der Waals surface area contributed by atoms with Crippen molar-refractivity contribution >= 4 is 57.4 Å². The molecule has 0 aliphatic carbocycles. The first kappa shape index (κ1) is 16.7. The lowest BCUT2D eigenvalue weighted by molar-refractivity contribution is -0.113. The van der Waals surface area contributed by atoms with Gasteiger partial charge in [0.15, 0.2) is 4.34 Å². The zero-order valence-electron chi connectivity index (χ0n) is 11.7. The normalized spacial score (nSPS) is 10.8. The summed E-state index contributed by atoms with van der Waals surface area (Å²) in [5.41, 5.74) is 0. The summed E-state index contributed by atoms with van der Waals surface area (Å²) in [5.74, 6) is 0.200. The second-order valence-corrected chi connectivity index (χ2v) is 7.80. The second-order valence-electron chi connectivity index (χ2n) is 3.99. The fourth-order valence-electron chi connectivity index (χ4n) is 1.35. The maximum atomic E-state index is 11.8. The highest BCUT2D eigenvalue weighted by Crippen LogP contribution is 2.24. The highest BCUT2D eigenvalue weighted by Gasteiger charge is 2.10. The van der Waals surface area contributed by atoms with Crippen LogP contribution in [0.1, 0.15) is 24.8 Å². The summed E-state index contributed by atoms with van der Waals surface area (Å²) >= 11 is 5.62. The lowest BCUT2D eigenvalue weighted by atomic mass is 10.3. The Kier molecular flexibility index (Phi) is 6.87. The van der Waals surface area contributed by atoms with Crippen molar-refractivity contribution in [3.8, 4) is 0 Å². The number of nitrogens with zero attached hydrogens (tertiary/aromatic N) is 4. The summed E-state index contributed by atoms with van der Waals surface area (Å²) in [4.78, 5) is 16.1. The number of aromatic nitrogens is 4. The third-order valence-corrected chi connectivity index (χ3v) is 5.75. The Labute approximate surface area is 139 Å². The summed E-state index contributed by atoms with van der Waals surface area (Å²) in [6, 6.07) is 0. The Morgan fingerprint density at radius 2 is 2.24 bits per heavy atom. The Morgan fingerprint density at radius 1 is 1.38 bits per heavy atom. The monoisotopic (exact) mass is 361 g/mol. The molecule has 0 saturated carbocycles. The molecule has 0 aromatic carbocycles. The fourth-order valence-corrected chi connectivity index (χ4v) is 4.16. The van der Waals surface area contributed by atoms with Crippen LogP contribution in [0.3, 0.4) is 0 Å². The second kappa shape index (κ2) is 8.66. The van der Waals surface area contributed by atoms with Crippen LogP contribution >= 0.6 is 46.4 Å². The molecule has 1 N–H and O–H groups in total. The summed E-state index contributed by atoms with van der Waals surface area (Å²) in [6.07, 6.45) is 5.06. The molecule has 21 heavy (non-hydrogen) atoms. The first-order valence-corrected chi connectivity index (χ1v) is 10.1. The van der Waals surface area contributed by atoms with Crippen LogP contribution in [0.15, 0.2) is 9.50 Å². The smallest absolute Gasteiger partial charge is 0.236 e. The van der Waals surface area contributed by atoms with Gasteiger partial charge in [0.25, 0.3) is 0 Å². The number of hydrogen-bond acceptors (Lipinski definition) is 9. The molecule has 0 spiro atoms. The number of carbonyl (C=O) groups is 1. The van der Waals surface area contributed by atoms with Crippen molar-refractivity contribution in [1.82, 2.24) is 19.6 Å². The minimum Gasteiger partial charge on any atom is -0.300 e. The van der Waals surface area contributed by atoms with Crippen molar-refractivity contribution in [1.29, 1.82) is 0 Å². The van der Waals surface area contributed by atoms with Crippen LogP contribution in [0.4, 0.5) is 5.13 Å². The van der Waals surface area contributed by atoms with Crippen molar-refractivity contribution in [3.63, 3.8) is 0 Å². The Morgan fingerprint density at radius 3 is 2.95 bits per heavy atom. The number of rotatable bonds is 8. The van der Waals surface area contributed by atoms with Gasteiger partial charge in [0, 0.05) is 6.42 Å². The van der Waals surface area contributed by atoms with Gasteiger partial charge in [-0.05, 0) is 24.2 Å². The third kappa shape index (κ3) is 5.53. The first-order chi connectivity index (χ1) is 10.2. The number of thioether (sulfide) groups is 2. The van der Waals surface area contributed by atoms with Gasteiger partial charge in [0.2, 0.25) is 16.2 Å². The highest BCUT2D eigenvalue weighted by atomic mass is 32.2. The van der Waals surface area contributed by atoms with Crippen LogP contribution in [0.25, 0.3) is 0 Å². The van der Waals surface area contributed by atoms with Gasteiger partial charge in [-0.25, -0.2) is 4.98 Å². The molecule has 0 aliphatic heterocycles. The van der Waals surface area contributed by atoms with Gasteiger partial charge in [-0.15, -0.1) is 10.2 Å². The summed E-state index contributed by atoms with van der Waals surface area (Å²) < 4.78 is 4.95. The topological polar surface area (TPSA) is 80.7 Å². The van der Waals surface area contributed by atoms with Crippen LogP contribution in [-0.4, -0.2) is 37.5 Å². The number of anilines is 1. The predicted molar refractivity (Wildman–Crippen MR) is 89.6 cm³/mol. The Balaban J connectivity index is 1.77. The highest BCUT2D eigenvalue weighted by molar-refractivity contribution is 8.01. The zero-order valence-corrected chi connectivity index (χ0v) is 14.9. The molecule has 2 aromatic rings. The molecule has 0 saturated heterocycles. The molecule has 114 valence electrons. The van der Waals surface area contributed by atoms with E-state index in [0.29, 0.717) is 10.9 Å². The number of carbonyl (C=O) groups excluding carboxylic acids is 1. The minimum absolute atomic E-state index is 0.0981. The van der Waals surface area contributed by atoms with Crippen LogP contribution in [0.5, 0.6) is 0 Å². The maximum Gasteiger partial charge on any atom is 0.236 e. The van der Waals surface area contributed by atoms with Gasteiger partial charge < -0.3 is 0 Å². The van der Waals surface area contributed by atoms with Crippen LogP contribution in [0, 0.1) is 0 Å². The van der Waals surface area contributed by atoms with E-state index in [2.05, 4.69) is 31.8 Å². The molecule has 2 aromatic heterocycles. The van der Waals surface area contributed by atoms with Gasteiger partial charge in [0.1, 0.15) is 5.01 Å². The van der Waals surface area contributed by atoms with E-state index in [1.165, 1.54) is 46.4 Å². The van der Waals surface area contributed by atoms with E-state index >= 15 is 0 Å². The molecule has 0 aliphatic rings. The van der Waals surface area contributed by atoms with E-state index in [-0.39, 0.29) is 5.91 Å². The van der Waals surface area contributed by atoms with Gasteiger partial charge >= 0.3 is 0 Å². The van der Waals surface area contributed by atoms with Gasteiger partial charge in [0.05, 0.1) is 5.75 Å². The van der Waals surface area contributed by atoms with Crippen molar-refractivity contribution in [2.45, 2.75) is 35.7 Å². The van der Waals surface area contributed by atoms with Gasteiger partial charge in [-0.2, -0.15) is 4.37 Å². The summed E-state index contributed by atoms with van der Waals surface area (Å²) in [5, 5.41) is 13.1. The standard InChI is InChI=1S/C11H15N5OS4/c1-3-4-5-8-14-15-9(20-8)12-7(17)6-19-11-13-10(18-2)16-21-11/h3-6H2,1-2H3,(H,12,15,17). The van der Waals surface area contributed by atoms with E-state index in [1.54, 1.807) is 0 Å². The van der Waals surface area contributed by atoms with E-state index in [4.69, 9.17) is 0 Å². The third-order valence-electron chi connectivity index (χ3n) is 2.36. The molecular weight excluding hydrogens is 346 g/mol. The first-order valence-electron chi connectivity index (χ1n) is 6.34. The van der Waals surface area contributed by atoms with E-state index < -0.39 is 0 Å². The van der Waals surface area contributed by atoms with E-state index in [9.17, 15) is 4.79 Å². The number of nitrogens with one attached hydrogen (secondary N) is 1. The van der Waals surface area contributed by atoms with Crippen LogP contribution < -0.4 is 5.32 Å². The molecule has 6 nitrogen and oxygen atoms in total. The molecule has 2 rings (SSSR count). The molecule has 0 atom stereocenters. The van der Waals surface area contributed by atoms with Crippen LogP contribution in [0.2, 0.25) is 0 Å². The molecule has 0 fully saturated rings. The quantitative estimate of drug-likeness (QED) is 0.723. The van der Waals surface area contributed by atoms with E-state index in [1.807, 2.05) is 6.26 Å². The predicted octanol–water partition coefficient (Wildman–Crippen LogP) is 3.18. The minimum atomic E-state index is -0.0981. The molecule has 2 heterocycles. The molecular formula is C11H15N5OS4. The molecule has 0 unspecified atom stereocenters. The van der Waals surface area contributed by atoms with Gasteiger partial charge in [-0.1, -0.05) is 48.2 Å². The van der Waals surface area contributed by atoms with Crippen molar-refractivity contribution in [2.24, 2.45) is 0 Å². The average molecular weight is 362 g/mol. The largest absolute Gasteiger partial charge is 0.300 e. The lowest BCUT2D eigenvalue weighted by Crippen LogP contribution is -2.13.